The Balaban J connectivity index is 2.32. The van der Waals surface area contributed by atoms with Gasteiger partial charge in [0.1, 0.15) is 12.1 Å². The summed E-state index contributed by atoms with van der Waals surface area (Å²) in [5.74, 6) is 0.897. The van der Waals surface area contributed by atoms with Crippen LogP contribution in [0.4, 0.5) is 0 Å². The monoisotopic (exact) mass is 227 g/mol. The normalized spacial score (nSPS) is 27.8. The Bertz CT molecular complexity index is 228. The van der Waals surface area contributed by atoms with Gasteiger partial charge in [-0.1, -0.05) is 27.2 Å². The molecule has 3 heteroatoms. The lowest BCUT2D eigenvalue weighted by atomic mass is 9.88. The summed E-state index contributed by atoms with van der Waals surface area (Å²) in [6.45, 7) is 6.35. The molecule has 2 unspecified atom stereocenters. The van der Waals surface area contributed by atoms with Gasteiger partial charge in [-0.2, -0.15) is 0 Å². The molecule has 1 fully saturated rings. The maximum atomic E-state index is 11.7. The number of esters is 1. The molecule has 0 heterocycles. The molecule has 0 bridgehead atoms. The summed E-state index contributed by atoms with van der Waals surface area (Å²) in [6.07, 6.45) is 5.24. The Hall–Kier alpha value is -0.570. The predicted octanol–water partition coefficient (Wildman–Crippen LogP) is 2.48. The van der Waals surface area contributed by atoms with E-state index in [0.717, 1.165) is 12.8 Å². The Morgan fingerprint density at radius 3 is 2.69 bits per heavy atom. The highest BCUT2D eigenvalue weighted by atomic mass is 16.5. The second-order valence-corrected chi connectivity index (χ2v) is 5.57. The van der Waals surface area contributed by atoms with Crippen molar-refractivity contribution in [3.8, 4) is 0 Å². The van der Waals surface area contributed by atoms with Gasteiger partial charge in [-0.05, 0) is 37.5 Å². The van der Waals surface area contributed by atoms with Gasteiger partial charge in [-0.3, -0.25) is 4.79 Å². The van der Waals surface area contributed by atoms with E-state index in [1.165, 1.54) is 12.8 Å². The van der Waals surface area contributed by atoms with Crippen molar-refractivity contribution in [1.82, 2.24) is 0 Å². The smallest absolute Gasteiger partial charge is 0.323 e. The molecule has 0 aromatic rings. The van der Waals surface area contributed by atoms with Gasteiger partial charge in [0.2, 0.25) is 0 Å². The molecule has 3 atom stereocenters. The van der Waals surface area contributed by atoms with Crippen LogP contribution in [-0.2, 0) is 9.53 Å². The summed E-state index contributed by atoms with van der Waals surface area (Å²) in [5.41, 5.74) is 5.80. The minimum Gasteiger partial charge on any atom is -0.461 e. The fraction of sp³-hybridized carbons (Fsp3) is 0.923. The Kier molecular flexibility index (Phi) is 5.26. The summed E-state index contributed by atoms with van der Waals surface area (Å²) < 4.78 is 5.46. The van der Waals surface area contributed by atoms with Crippen LogP contribution in [0.3, 0.4) is 0 Å². The van der Waals surface area contributed by atoms with E-state index < -0.39 is 6.04 Å². The van der Waals surface area contributed by atoms with Gasteiger partial charge in [0.25, 0.3) is 0 Å². The lowest BCUT2D eigenvalue weighted by molar-refractivity contribution is -0.153. The molecule has 0 spiro atoms. The molecule has 0 aliphatic heterocycles. The Morgan fingerprint density at radius 1 is 1.44 bits per heavy atom. The third kappa shape index (κ3) is 4.52. The maximum Gasteiger partial charge on any atom is 0.323 e. The quantitative estimate of drug-likeness (QED) is 0.751. The summed E-state index contributed by atoms with van der Waals surface area (Å²) in [7, 11) is 0. The van der Waals surface area contributed by atoms with Crippen molar-refractivity contribution in [2.24, 2.45) is 17.6 Å². The third-order valence-corrected chi connectivity index (χ3v) is 3.20. The topological polar surface area (TPSA) is 52.3 Å². The van der Waals surface area contributed by atoms with Crippen molar-refractivity contribution in [2.45, 2.75) is 65.0 Å². The largest absolute Gasteiger partial charge is 0.461 e. The zero-order chi connectivity index (χ0) is 12.1. The number of carbonyl (C=O) groups is 1. The predicted molar refractivity (Wildman–Crippen MR) is 64.9 cm³/mol. The second-order valence-electron chi connectivity index (χ2n) is 5.57. The minimum atomic E-state index is -0.447. The summed E-state index contributed by atoms with van der Waals surface area (Å²) >= 11 is 0. The number of hydrogen-bond donors (Lipinski definition) is 1. The SMILES string of the molecule is CC(C)C[C@@H](N)C(=O)OC1CCCC(C)C1. The molecule has 0 aromatic carbocycles. The van der Waals surface area contributed by atoms with Gasteiger partial charge < -0.3 is 10.5 Å². The standard InChI is InChI=1S/C13H25NO2/c1-9(2)7-12(14)13(15)16-11-6-4-5-10(3)8-11/h9-12H,4-8,14H2,1-3H3/t10?,11?,12-/m1/s1. The third-order valence-electron chi connectivity index (χ3n) is 3.20. The molecule has 1 aliphatic carbocycles. The van der Waals surface area contributed by atoms with E-state index in [9.17, 15) is 4.79 Å². The molecule has 1 saturated carbocycles. The fourth-order valence-electron chi connectivity index (χ4n) is 2.34. The molecule has 94 valence electrons. The molecule has 1 aliphatic rings. The first-order valence-corrected chi connectivity index (χ1v) is 6.45. The molecule has 16 heavy (non-hydrogen) atoms. The highest BCUT2D eigenvalue weighted by Gasteiger charge is 2.25. The van der Waals surface area contributed by atoms with E-state index in [4.69, 9.17) is 10.5 Å². The summed E-state index contributed by atoms with van der Waals surface area (Å²) in [5, 5.41) is 0. The number of rotatable bonds is 4. The molecule has 2 N–H and O–H groups in total. The molecule has 0 amide bonds. The van der Waals surface area contributed by atoms with Crippen LogP contribution in [0.5, 0.6) is 0 Å². The first-order chi connectivity index (χ1) is 7.49. The van der Waals surface area contributed by atoms with Crippen molar-refractivity contribution >= 4 is 5.97 Å². The van der Waals surface area contributed by atoms with E-state index in [-0.39, 0.29) is 12.1 Å². The maximum absolute atomic E-state index is 11.7. The van der Waals surface area contributed by atoms with Gasteiger partial charge >= 0.3 is 5.97 Å². The van der Waals surface area contributed by atoms with Crippen LogP contribution in [0.2, 0.25) is 0 Å². The lowest BCUT2D eigenvalue weighted by Gasteiger charge is -2.27. The van der Waals surface area contributed by atoms with Crippen LogP contribution in [-0.4, -0.2) is 18.1 Å². The van der Waals surface area contributed by atoms with Crippen molar-refractivity contribution in [1.29, 1.82) is 0 Å². The molecule has 0 radical (unpaired) electrons. The summed E-state index contributed by atoms with van der Waals surface area (Å²) in [6, 6.07) is -0.447. The molecular weight excluding hydrogens is 202 g/mol. The number of hydrogen-bond acceptors (Lipinski definition) is 3. The van der Waals surface area contributed by atoms with Crippen LogP contribution in [0.1, 0.15) is 52.9 Å². The van der Waals surface area contributed by atoms with Crippen molar-refractivity contribution in [3.05, 3.63) is 0 Å². The van der Waals surface area contributed by atoms with Gasteiger partial charge in [-0.25, -0.2) is 0 Å². The van der Waals surface area contributed by atoms with Crippen molar-refractivity contribution < 1.29 is 9.53 Å². The minimum absolute atomic E-state index is 0.106. The van der Waals surface area contributed by atoms with Crippen LogP contribution >= 0.6 is 0 Å². The number of ether oxygens (including phenoxy) is 1. The second kappa shape index (κ2) is 6.24. The number of carbonyl (C=O) groups excluding carboxylic acids is 1. The highest BCUT2D eigenvalue weighted by Crippen LogP contribution is 2.26. The summed E-state index contributed by atoms with van der Waals surface area (Å²) in [4.78, 5) is 11.7. The fourth-order valence-corrected chi connectivity index (χ4v) is 2.34. The highest BCUT2D eigenvalue weighted by molar-refractivity contribution is 5.75. The molecule has 3 nitrogen and oxygen atoms in total. The average Bonchev–Trinajstić information content (AvgIpc) is 2.16. The van der Waals surface area contributed by atoms with Crippen LogP contribution in [0.15, 0.2) is 0 Å². The zero-order valence-electron chi connectivity index (χ0n) is 10.7. The van der Waals surface area contributed by atoms with Crippen LogP contribution < -0.4 is 5.73 Å². The van der Waals surface area contributed by atoms with Crippen molar-refractivity contribution in [2.75, 3.05) is 0 Å². The van der Waals surface area contributed by atoms with E-state index in [0.29, 0.717) is 18.3 Å². The first-order valence-electron chi connectivity index (χ1n) is 6.45. The lowest BCUT2D eigenvalue weighted by Crippen LogP contribution is -2.37. The van der Waals surface area contributed by atoms with E-state index >= 15 is 0 Å². The Labute approximate surface area is 98.7 Å². The van der Waals surface area contributed by atoms with Crippen LogP contribution in [0.25, 0.3) is 0 Å². The van der Waals surface area contributed by atoms with Gasteiger partial charge in [-0.15, -0.1) is 0 Å². The first kappa shape index (κ1) is 13.5. The van der Waals surface area contributed by atoms with E-state index in [1.807, 2.05) is 0 Å². The molecular formula is C13H25NO2. The van der Waals surface area contributed by atoms with E-state index in [2.05, 4.69) is 20.8 Å². The average molecular weight is 227 g/mol. The Morgan fingerprint density at radius 2 is 2.12 bits per heavy atom. The van der Waals surface area contributed by atoms with Crippen LogP contribution in [0, 0.1) is 11.8 Å². The van der Waals surface area contributed by atoms with Gasteiger partial charge in [0.05, 0.1) is 0 Å². The van der Waals surface area contributed by atoms with E-state index in [1.54, 1.807) is 0 Å². The molecule has 1 rings (SSSR count). The zero-order valence-corrected chi connectivity index (χ0v) is 10.7. The van der Waals surface area contributed by atoms with Crippen molar-refractivity contribution in [3.63, 3.8) is 0 Å². The van der Waals surface area contributed by atoms with Gasteiger partial charge in [0.15, 0.2) is 0 Å². The molecule has 0 aromatic heterocycles. The molecule has 0 saturated heterocycles. The van der Waals surface area contributed by atoms with Gasteiger partial charge in [0, 0.05) is 0 Å². The number of nitrogens with two attached hydrogens (primary N) is 1.